The molecule has 1 aliphatic heterocycles. The van der Waals surface area contributed by atoms with Crippen molar-refractivity contribution in [2.75, 3.05) is 11.9 Å². The van der Waals surface area contributed by atoms with E-state index in [1.54, 1.807) is 10.6 Å². The number of hydrogen-bond acceptors (Lipinski definition) is 9. The second kappa shape index (κ2) is 12.4. The quantitative estimate of drug-likeness (QED) is 0.254. The molecule has 0 unspecified atom stereocenters. The molecule has 0 aliphatic carbocycles. The third-order valence-corrected chi connectivity index (χ3v) is 19.5. The Balaban J connectivity index is 1.60. The number of urea groups is 1. The first-order valence-corrected chi connectivity index (χ1v) is 22.2. The number of amides is 2. The molecule has 0 spiro atoms. The highest BCUT2D eigenvalue weighted by atomic mass is 32.2. The Hall–Kier alpha value is -2.90. The van der Waals surface area contributed by atoms with Crippen LogP contribution in [0, 0.1) is 0 Å². The lowest BCUT2D eigenvalue weighted by Gasteiger charge is -2.40. The summed E-state index contributed by atoms with van der Waals surface area (Å²) < 4.78 is 48.7. The van der Waals surface area contributed by atoms with E-state index < -0.39 is 44.5 Å². The molecule has 13 nitrogen and oxygen atoms in total. The highest BCUT2D eigenvalue weighted by Gasteiger charge is 2.47. The van der Waals surface area contributed by atoms with E-state index >= 15 is 0 Å². The number of carbonyl (C=O) groups is 1. The van der Waals surface area contributed by atoms with Crippen LogP contribution in [0.5, 0.6) is 0 Å². The Kier molecular flexibility index (Phi) is 9.61. The maximum Gasteiger partial charge on any atom is 0.335 e. The number of nitrogens with one attached hydrogen (secondary N) is 3. The van der Waals surface area contributed by atoms with Crippen LogP contribution in [-0.2, 0) is 23.6 Å². The SMILES string of the molecule is CC(C)(C)[Si](C)(C)OC[C@H]1O[C@@H](n2cnc3c(=O)[nH]c(NC(=O)NS(=O)(=O)c4ccccc4)nc32)C[C@@H]1O[Si](C)(C)C(C)(C)C. The van der Waals surface area contributed by atoms with Crippen LogP contribution in [0.2, 0.25) is 36.3 Å². The molecule has 45 heavy (non-hydrogen) atoms. The molecule has 248 valence electrons. The summed E-state index contributed by atoms with van der Waals surface area (Å²) in [5.41, 5.74) is -0.392. The predicted molar refractivity (Wildman–Crippen MR) is 178 cm³/mol. The van der Waals surface area contributed by atoms with Crippen LogP contribution in [0.1, 0.15) is 54.2 Å². The number of aromatic nitrogens is 4. The van der Waals surface area contributed by atoms with Crippen LogP contribution >= 0.6 is 0 Å². The summed E-state index contributed by atoms with van der Waals surface area (Å²) in [6, 6.07) is 6.36. The summed E-state index contributed by atoms with van der Waals surface area (Å²) in [6.45, 7) is 22.2. The van der Waals surface area contributed by atoms with Crippen molar-refractivity contribution in [3.8, 4) is 0 Å². The van der Waals surface area contributed by atoms with Gasteiger partial charge in [-0.05, 0) is 48.4 Å². The van der Waals surface area contributed by atoms with Gasteiger partial charge in [-0.25, -0.2) is 22.9 Å². The summed E-state index contributed by atoms with van der Waals surface area (Å²) in [4.78, 5) is 36.6. The minimum atomic E-state index is -4.15. The molecule has 0 radical (unpaired) electrons. The van der Waals surface area contributed by atoms with Gasteiger partial charge in [0.2, 0.25) is 5.95 Å². The lowest BCUT2D eigenvalue weighted by atomic mass is 10.2. The van der Waals surface area contributed by atoms with Crippen molar-refractivity contribution < 1.29 is 26.8 Å². The van der Waals surface area contributed by atoms with Crippen LogP contribution in [0.25, 0.3) is 11.2 Å². The van der Waals surface area contributed by atoms with Crippen molar-refractivity contribution in [3.05, 3.63) is 47.0 Å². The maximum absolute atomic E-state index is 12.9. The largest absolute Gasteiger partial charge is 0.414 e. The molecule has 3 aromatic rings. The lowest BCUT2D eigenvalue weighted by Crippen LogP contribution is -2.48. The molecule has 0 bridgehead atoms. The third kappa shape index (κ3) is 7.74. The molecule has 1 fully saturated rings. The number of aromatic amines is 1. The number of ether oxygens (including phenoxy) is 1. The number of nitrogens with zero attached hydrogens (tertiary/aromatic N) is 3. The Labute approximate surface area is 266 Å². The van der Waals surface area contributed by atoms with Gasteiger partial charge >= 0.3 is 6.03 Å². The fraction of sp³-hybridized carbons (Fsp3) is 0.586. The first-order chi connectivity index (χ1) is 20.6. The Morgan fingerprint density at radius 1 is 1.07 bits per heavy atom. The van der Waals surface area contributed by atoms with Gasteiger partial charge in [-0.1, -0.05) is 59.7 Å². The molecule has 1 aromatic carbocycles. The minimum absolute atomic E-state index is 0.0163. The number of imidazole rings is 1. The molecule has 0 saturated carbocycles. The first kappa shape index (κ1) is 35.0. The molecule has 1 aliphatic rings. The van der Waals surface area contributed by atoms with E-state index in [4.69, 9.17) is 13.6 Å². The Bertz CT molecular complexity index is 1700. The standard InChI is InChI=1S/C29H46N6O7SSi2/c1-28(2,3)44(7,8)40-17-21-20(42-45(9,10)29(4,5)6)16-22(41-21)35-18-30-23-24(35)31-26(32-25(23)36)33-27(37)34-43(38,39)19-14-12-11-13-15-19/h11-15,18,20-22H,16-17H2,1-10H3,(H3,31,32,33,34,36,37)/t20-,21+,22+/m0/s1. The van der Waals surface area contributed by atoms with Crippen LogP contribution in [0.4, 0.5) is 10.7 Å². The fourth-order valence-electron chi connectivity index (χ4n) is 4.32. The zero-order valence-corrected chi connectivity index (χ0v) is 30.5. The van der Waals surface area contributed by atoms with Gasteiger partial charge in [-0.15, -0.1) is 0 Å². The van der Waals surface area contributed by atoms with E-state index in [0.717, 1.165) is 0 Å². The fourth-order valence-corrected chi connectivity index (χ4v) is 7.62. The zero-order chi connectivity index (χ0) is 33.6. The van der Waals surface area contributed by atoms with Crippen LogP contribution in [0.3, 0.4) is 0 Å². The Morgan fingerprint density at radius 3 is 2.29 bits per heavy atom. The van der Waals surface area contributed by atoms with Gasteiger partial charge in [0.05, 0.1) is 23.9 Å². The monoisotopic (exact) mass is 678 g/mol. The van der Waals surface area contributed by atoms with Crippen molar-refractivity contribution >= 4 is 49.8 Å². The van der Waals surface area contributed by atoms with Crippen molar-refractivity contribution in [1.29, 1.82) is 0 Å². The lowest BCUT2D eigenvalue weighted by molar-refractivity contribution is -0.0383. The molecule has 2 aromatic heterocycles. The summed E-state index contributed by atoms with van der Waals surface area (Å²) in [6.07, 6.45) is 0.723. The average molecular weight is 679 g/mol. The normalized spacial score (nSPS) is 20.0. The molecule has 3 atom stereocenters. The minimum Gasteiger partial charge on any atom is -0.414 e. The summed E-state index contributed by atoms with van der Waals surface area (Å²) >= 11 is 0. The zero-order valence-electron chi connectivity index (χ0n) is 27.7. The second-order valence-electron chi connectivity index (χ2n) is 14.5. The summed E-state index contributed by atoms with van der Waals surface area (Å²) in [7, 11) is -8.43. The van der Waals surface area contributed by atoms with Crippen LogP contribution in [-0.4, -0.2) is 69.4 Å². The molecule has 1 saturated heterocycles. The summed E-state index contributed by atoms with van der Waals surface area (Å²) in [5.74, 6) is -0.250. The number of benzene rings is 1. The van der Waals surface area contributed by atoms with Gasteiger partial charge < -0.3 is 13.6 Å². The van der Waals surface area contributed by atoms with E-state index in [-0.39, 0.29) is 44.3 Å². The second-order valence-corrected chi connectivity index (χ2v) is 25.7. The third-order valence-electron chi connectivity index (χ3n) is 9.10. The molecule has 4 rings (SSSR count). The average Bonchev–Trinajstić information content (AvgIpc) is 3.50. The number of sulfonamides is 1. The maximum atomic E-state index is 12.9. The van der Waals surface area contributed by atoms with Gasteiger partial charge in [-0.2, -0.15) is 4.98 Å². The number of carbonyl (C=O) groups excluding carboxylic acids is 1. The van der Waals surface area contributed by atoms with Gasteiger partial charge in [0.25, 0.3) is 15.6 Å². The van der Waals surface area contributed by atoms with Gasteiger partial charge in [0.15, 0.2) is 27.8 Å². The van der Waals surface area contributed by atoms with Gasteiger partial charge in [-0.3, -0.25) is 19.7 Å². The summed E-state index contributed by atoms with van der Waals surface area (Å²) in [5, 5.41) is 2.30. The number of anilines is 1. The molecular formula is C29H46N6O7SSi2. The van der Waals surface area contributed by atoms with E-state index in [2.05, 4.69) is 88.0 Å². The first-order valence-electron chi connectivity index (χ1n) is 14.9. The van der Waals surface area contributed by atoms with Gasteiger partial charge in [0.1, 0.15) is 12.3 Å². The highest BCUT2D eigenvalue weighted by Crippen LogP contribution is 2.42. The van der Waals surface area contributed by atoms with Crippen molar-refractivity contribution in [3.63, 3.8) is 0 Å². The smallest absolute Gasteiger partial charge is 0.335 e. The van der Waals surface area contributed by atoms with E-state index in [0.29, 0.717) is 13.0 Å². The molecular weight excluding hydrogens is 633 g/mol. The van der Waals surface area contributed by atoms with E-state index in [1.807, 2.05) is 4.72 Å². The number of H-pyrrole nitrogens is 1. The molecule has 2 amide bonds. The topological polar surface area (TPSA) is 167 Å². The molecule has 3 heterocycles. The van der Waals surface area contributed by atoms with Crippen molar-refractivity contribution in [1.82, 2.24) is 24.2 Å². The van der Waals surface area contributed by atoms with Crippen molar-refractivity contribution in [2.24, 2.45) is 0 Å². The van der Waals surface area contributed by atoms with Crippen molar-refractivity contribution in [2.45, 2.75) is 108 Å². The van der Waals surface area contributed by atoms with E-state index in [9.17, 15) is 18.0 Å². The Morgan fingerprint density at radius 2 is 1.69 bits per heavy atom. The number of hydrogen-bond donors (Lipinski definition) is 3. The number of fused-ring (bicyclic) bond motifs is 1. The van der Waals surface area contributed by atoms with Crippen LogP contribution in [0.15, 0.2) is 46.3 Å². The predicted octanol–water partition coefficient (Wildman–Crippen LogP) is 5.33. The van der Waals surface area contributed by atoms with E-state index in [1.165, 1.54) is 30.6 Å². The highest BCUT2D eigenvalue weighted by molar-refractivity contribution is 7.90. The number of rotatable bonds is 9. The molecule has 3 N–H and O–H groups in total. The molecule has 16 heteroatoms. The van der Waals surface area contributed by atoms with Gasteiger partial charge in [0, 0.05) is 6.42 Å². The van der Waals surface area contributed by atoms with Crippen LogP contribution < -0.4 is 15.6 Å².